The molecule has 0 fully saturated rings. The second-order valence-electron chi connectivity index (χ2n) is 8.02. The maximum absolute atomic E-state index is 3.67. The quantitative estimate of drug-likeness (QED) is 0.305. The zero-order chi connectivity index (χ0) is 22.0. The molecule has 0 radical (unpaired) electrons. The summed E-state index contributed by atoms with van der Waals surface area (Å²) in [7, 11) is 0. The van der Waals surface area contributed by atoms with Gasteiger partial charge in [-0.3, -0.25) is 0 Å². The summed E-state index contributed by atoms with van der Waals surface area (Å²) in [6.45, 7) is 0. The largest absolute Gasteiger partial charge is 0.352 e. The maximum Gasteiger partial charge on any atom is 0.0699 e. The fraction of sp³-hybridized carbons (Fsp3) is 0. The van der Waals surface area contributed by atoms with Crippen molar-refractivity contribution in [1.29, 1.82) is 0 Å². The number of hydrogen-bond donors (Lipinski definition) is 1. The molecule has 5 aromatic rings. The van der Waals surface area contributed by atoms with Gasteiger partial charge in [-0.1, -0.05) is 66.7 Å². The smallest absolute Gasteiger partial charge is 0.0699 e. The van der Waals surface area contributed by atoms with Gasteiger partial charge in [-0.2, -0.15) is 0 Å². The molecule has 0 spiro atoms. The van der Waals surface area contributed by atoms with Crippen molar-refractivity contribution in [3.63, 3.8) is 0 Å². The van der Waals surface area contributed by atoms with Crippen molar-refractivity contribution in [3.05, 3.63) is 133 Å². The van der Waals surface area contributed by atoms with Gasteiger partial charge in [-0.15, -0.1) is 0 Å². The zero-order valence-corrected chi connectivity index (χ0v) is 18.1. The summed E-state index contributed by atoms with van der Waals surface area (Å²) in [4.78, 5) is 4.61. The Balaban J connectivity index is 1.51. The van der Waals surface area contributed by atoms with E-state index in [1.165, 1.54) is 0 Å². The number of rotatable bonds is 4. The normalized spacial score (nSPS) is 11.8. The molecular weight excluding hydrogens is 402 g/mol. The van der Waals surface area contributed by atoms with Crippen LogP contribution in [0.5, 0.6) is 0 Å². The van der Waals surface area contributed by atoms with Gasteiger partial charge in [0.25, 0.3) is 0 Å². The number of hydrogen-bond acceptors (Lipinski definition) is 3. The van der Waals surface area contributed by atoms with Crippen molar-refractivity contribution in [2.75, 3.05) is 15.1 Å². The second-order valence-corrected chi connectivity index (χ2v) is 8.02. The molecule has 6 rings (SSSR count). The SMILES string of the molecule is c1ccc(N(c2ccccc2)c2ccc3c(c2)Nc2ccccc2N3c2ccccc2)cc1. The van der Waals surface area contributed by atoms with Gasteiger partial charge in [-0.05, 0) is 66.7 Å². The standard InChI is InChI=1S/C30H23N3/c1-4-12-23(13-5-1)32(24-14-6-2-7-15-24)26-20-21-30-28(22-26)31-27-18-10-11-19-29(27)33(30)25-16-8-3-9-17-25/h1-22,31H. The molecule has 1 heterocycles. The molecule has 0 saturated heterocycles. The fourth-order valence-corrected chi connectivity index (χ4v) is 4.46. The zero-order valence-electron chi connectivity index (χ0n) is 18.1. The summed E-state index contributed by atoms with van der Waals surface area (Å²) in [5, 5.41) is 3.67. The molecule has 33 heavy (non-hydrogen) atoms. The number of nitrogens with zero attached hydrogens (tertiary/aromatic N) is 2. The van der Waals surface area contributed by atoms with E-state index in [0.29, 0.717) is 0 Å². The molecule has 0 aromatic heterocycles. The Morgan fingerprint density at radius 2 is 1.00 bits per heavy atom. The lowest BCUT2D eigenvalue weighted by atomic mass is 10.1. The number of fused-ring (bicyclic) bond motifs is 2. The molecule has 0 saturated carbocycles. The third kappa shape index (κ3) is 3.50. The first-order valence-electron chi connectivity index (χ1n) is 11.1. The van der Waals surface area contributed by atoms with Gasteiger partial charge in [0.05, 0.1) is 22.7 Å². The highest BCUT2D eigenvalue weighted by molar-refractivity contribution is 5.98. The molecule has 1 N–H and O–H groups in total. The van der Waals surface area contributed by atoms with Gasteiger partial charge in [0.15, 0.2) is 0 Å². The molecular formula is C30H23N3. The second kappa shape index (κ2) is 8.21. The lowest BCUT2D eigenvalue weighted by Crippen LogP contribution is -2.18. The van der Waals surface area contributed by atoms with Crippen LogP contribution in [-0.2, 0) is 0 Å². The van der Waals surface area contributed by atoms with Crippen LogP contribution in [0.1, 0.15) is 0 Å². The minimum atomic E-state index is 1.08. The Hall–Kier alpha value is -4.50. The number of nitrogens with one attached hydrogen (secondary N) is 1. The summed E-state index contributed by atoms with van der Waals surface area (Å²) in [5.74, 6) is 0. The monoisotopic (exact) mass is 425 g/mol. The van der Waals surface area contributed by atoms with Crippen LogP contribution in [0, 0.1) is 0 Å². The van der Waals surface area contributed by atoms with Crippen LogP contribution in [0.3, 0.4) is 0 Å². The van der Waals surface area contributed by atoms with E-state index >= 15 is 0 Å². The molecule has 158 valence electrons. The Labute approximate surface area is 194 Å². The van der Waals surface area contributed by atoms with Gasteiger partial charge in [0.2, 0.25) is 0 Å². The highest BCUT2D eigenvalue weighted by Crippen LogP contribution is 2.49. The number of benzene rings is 5. The molecule has 1 aliphatic heterocycles. The Morgan fingerprint density at radius 3 is 1.67 bits per heavy atom. The molecule has 0 unspecified atom stereocenters. The van der Waals surface area contributed by atoms with Crippen molar-refractivity contribution in [3.8, 4) is 0 Å². The van der Waals surface area contributed by atoms with Crippen molar-refractivity contribution < 1.29 is 0 Å². The van der Waals surface area contributed by atoms with Crippen LogP contribution in [0.4, 0.5) is 45.5 Å². The first-order valence-corrected chi connectivity index (χ1v) is 11.1. The van der Waals surface area contributed by atoms with Gasteiger partial charge in [0.1, 0.15) is 0 Å². The third-order valence-electron chi connectivity index (χ3n) is 5.94. The van der Waals surface area contributed by atoms with Crippen LogP contribution in [0.15, 0.2) is 133 Å². The molecule has 3 nitrogen and oxygen atoms in total. The van der Waals surface area contributed by atoms with Crippen LogP contribution in [-0.4, -0.2) is 0 Å². The Bertz CT molecular complexity index is 1340. The maximum atomic E-state index is 3.67. The Kier molecular flexibility index (Phi) is 4.78. The molecule has 3 heteroatoms. The molecule has 0 atom stereocenters. The van der Waals surface area contributed by atoms with E-state index in [2.05, 4.69) is 149 Å². The predicted molar refractivity (Wildman–Crippen MR) is 139 cm³/mol. The molecule has 1 aliphatic rings. The molecule has 0 bridgehead atoms. The minimum Gasteiger partial charge on any atom is -0.352 e. The van der Waals surface area contributed by atoms with Crippen LogP contribution in [0.25, 0.3) is 0 Å². The summed E-state index contributed by atoms with van der Waals surface area (Å²) in [6.07, 6.45) is 0. The van der Waals surface area contributed by atoms with E-state index < -0.39 is 0 Å². The van der Waals surface area contributed by atoms with E-state index in [1.54, 1.807) is 0 Å². The highest BCUT2D eigenvalue weighted by Gasteiger charge is 2.25. The molecule has 0 amide bonds. The van der Waals surface area contributed by atoms with Crippen LogP contribution >= 0.6 is 0 Å². The van der Waals surface area contributed by atoms with Crippen LogP contribution < -0.4 is 15.1 Å². The van der Waals surface area contributed by atoms with E-state index in [9.17, 15) is 0 Å². The average molecular weight is 426 g/mol. The number of para-hydroxylation sites is 5. The van der Waals surface area contributed by atoms with Crippen molar-refractivity contribution in [1.82, 2.24) is 0 Å². The predicted octanol–water partition coefficient (Wildman–Crippen LogP) is 8.68. The van der Waals surface area contributed by atoms with Crippen LogP contribution in [0.2, 0.25) is 0 Å². The van der Waals surface area contributed by atoms with E-state index in [4.69, 9.17) is 0 Å². The van der Waals surface area contributed by atoms with E-state index in [-0.39, 0.29) is 0 Å². The number of anilines is 8. The topological polar surface area (TPSA) is 18.5 Å². The van der Waals surface area contributed by atoms with Gasteiger partial charge >= 0.3 is 0 Å². The van der Waals surface area contributed by atoms with Crippen molar-refractivity contribution in [2.45, 2.75) is 0 Å². The van der Waals surface area contributed by atoms with Gasteiger partial charge in [-0.25, -0.2) is 0 Å². The first kappa shape index (κ1) is 19.2. The summed E-state index contributed by atoms with van der Waals surface area (Å²) >= 11 is 0. The summed E-state index contributed by atoms with van der Waals surface area (Å²) < 4.78 is 0. The first-order chi connectivity index (χ1) is 16.4. The lowest BCUT2D eigenvalue weighted by Gasteiger charge is -2.35. The van der Waals surface area contributed by atoms with Crippen molar-refractivity contribution >= 4 is 45.5 Å². The molecule has 5 aromatic carbocycles. The minimum absolute atomic E-state index is 1.08. The average Bonchev–Trinajstić information content (AvgIpc) is 2.89. The fourth-order valence-electron chi connectivity index (χ4n) is 4.46. The molecule has 0 aliphatic carbocycles. The Morgan fingerprint density at radius 1 is 0.455 bits per heavy atom. The highest BCUT2D eigenvalue weighted by atomic mass is 15.2. The van der Waals surface area contributed by atoms with E-state index in [0.717, 1.165) is 45.5 Å². The van der Waals surface area contributed by atoms with Crippen molar-refractivity contribution in [2.24, 2.45) is 0 Å². The third-order valence-corrected chi connectivity index (χ3v) is 5.94. The van der Waals surface area contributed by atoms with E-state index in [1.807, 2.05) is 0 Å². The lowest BCUT2D eigenvalue weighted by molar-refractivity contribution is 1.23. The summed E-state index contributed by atoms with van der Waals surface area (Å²) in [5.41, 5.74) is 8.94. The van der Waals surface area contributed by atoms with Gasteiger partial charge < -0.3 is 15.1 Å². The summed E-state index contributed by atoms with van der Waals surface area (Å²) in [6, 6.07) is 46.6. The van der Waals surface area contributed by atoms with Gasteiger partial charge in [0, 0.05) is 22.7 Å².